The highest BCUT2D eigenvalue weighted by atomic mass is 15.3. The molecule has 0 aliphatic heterocycles. The smallest absolute Gasteiger partial charge is 0.150 e. The van der Waals surface area contributed by atoms with E-state index in [-0.39, 0.29) is 0 Å². The number of aryl methyl sites for hydroxylation is 2. The average Bonchev–Trinajstić information content (AvgIpc) is 2.45. The lowest BCUT2D eigenvalue weighted by Gasteiger charge is -2.24. The van der Waals surface area contributed by atoms with Crippen LogP contribution < -0.4 is 16.2 Å². The number of anilines is 2. The Balaban J connectivity index is 2.27. The molecule has 1 heterocycles. The maximum absolute atomic E-state index is 5.43. The molecule has 0 aliphatic carbocycles. The van der Waals surface area contributed by atoms with Crippen molar-refractivity contribution < 1.29 is 0 Å². The lowest BCUT2D eigenvalue weighted by molar-refractivity contribution is 0.773. The molecule has 106 valence electrons. The van der Waals surface area contributed by atoms with Crippen molar-refractivity contribution in [2.24, 2.45) is 5.84 Å². The minimum Gasteiger partial charge on any atom is -0.364 e. The normalized spacial score (nSPS) is 10.4. The second-order valence-electron chi connectivity index (χ2n) is 4.76. The van der Waals surface area contributed by atoms with Crippen LogP contribution in [-0.4, -0.2) is 16.5 Å². The third-order valence-electron chi connectivity index (χ3n) is 3.22. The van der Waals surface area contributed by atoms with Crippen LogP contribution in [0.25, 0.3) is 0 Å². The van der Waals surface area contributed by atoms with E-state index in [4.69, 9.17) is 5.84 Å². The average molecular weight is 271 g/mol. The van der Waals surface area contributed by atoms with Crippen LogP contribution in [0.15, 0.2) is 30.3 Å². The van der Waals surface area contributed by atoms with Gasteiger partial charge in [0.05, 0.1) is 6.54 Å². The molecule has 2 aromatic rings. The Morgan fingerprint density at radius 2 is 1.95 bits per heavy atom. The lowest BCUT2D eigenvalue weighted by atomic mass is 10.2. The third kappa shape index (κ3) is 3.24. The number of nitrogens with two attached hydrogens (primary N) is 1. The standard InChI is InChI=1S/C15H21N5/c1-4-20(13-8-6-5-7-11(13)2)10-15-17-12(3)9-14(18-15)19-16/h5-9H,4,10,16H2,1-3H3,(H,17,18,19). The van der Waals surface area contributed by atoms with Crippen LogP contribution in [0.3, 0.4) is 0 Å². The van der Waals surface area contributed by atoms with Crippen molar-refractivity contribution in [3.8, 4) is 0 Å². The third-order valence-corrected chi connectivity index (χ3v) is 3.22. The van der Waals surface area contributed by atoms with Gasteiger partial charge in [0.1, 0.15) is 11.6 Å². The van der Waals surface area contributed by atoms with Gasteiger partial charge in [-0.05, 0) is 32.4 Å². The molecule has 20 heavy (non-hydrogen) atoms. The number of hydrazine groups is 1. The number of benzene rings is 1. The highest BCUT2D eigenvalue weighted by Crippen LogP contribution is 2.20. The maximum atomic E-state index is 5.43. The summed E-state index contributed by atoms with van der Waals surface area (Å²) in [5.74, 6) is 6.85. The molecule has 1 aromatic heterocycles. The summed E-state index contributed by atoms with van der Waals surface area (Å²) in [6.45, 7) is 7.74. The predicted molar refractivity (Wildman–Crippen MR) is 82.5 cm³/mol. The Hall–Kier alpha value is -2.14. The molecule has 2 rings (SSSR count). The molecule has 0 unspecified atom stereocenters. The molecule has 0 atom stereocenters. The molecule has 0 spiro atoms. The molecule has 0 fully saturated rings. The van der Waals surface area contributed by atoms with Crippen molar-refractivity contribution in [3.05, 3.63) is 47.4 Å². The minimum atomic E-state index is 0.647. The molecule has 0 radical (unpaired) electrons. The van der Waals surface area contributed by atoms with E-state index in [0.29, 0.717) is 12.4 Å². The second-order valence-corrected chi connectivity index (χ2v) is 4.76. The first-order valence-corrected chi connectivity index (χ1v) is 6.75. The summed E-state index contributed by atoms with van der Waals surface area (Å²) < 4.78 is 0. The molecule has 5 nitrogen and oxygen atoms in total. The van der Waals surface area contributed by atoms with E-state index in [9.17, 15) is 0 Å². The van der Waals surface area contributed by atoms with E-state index in [2.05, 4.69) is 52.3 Å². The first-order chi connectivity index (χ1) is 9.63. The number of nitrogen functional groups attached to an aromatic ring is 1. The Morgan fingerprint density at radius 1 is 1.20 bits per heavy atom. The van der Waals surface area contributed by atoms with E-state index in [0.717, 1.165) is 18.1 Å². The number of hydrogen-bond acceptors (Lipinski definition) is 5. The fourth-order valence-electron chi connectivity index (χ4n) is 2.23. The largest absolute Gasteiger partial charge is 0.364 e. The van der Waals surface area contributed by atoms with E-state index in [1.807, 2.05) is 19.1 Å². The van der Waals surface area contributed by atoms with Crippen molar-refractivity contribution in [3.63, 3.8) is 0 Å². The summed E-state index contributed by atoms with van der Waals surface area (Å²) in [7, 11) is 0. The van der Waals surface area contributed by atoms with Gasteiger partial charge in [-0.1, -0.05) is 18.2 Å². The van der Waals surface area contributed by atoms with Gasteiger partial charge in [0, 0.05) is 24.0 Å². The van der Waals surface area contributed by atoms with Crippen molar-refractivity contribution in [1.29, 1.82) is 0 Å². The molecule has 0 saturated carbocycles. The minimum absolute atomic E-state index is 0.647. The lowest BCUT2D eigenvalue weighted by Crippen LogP contribution is -2.24. The molecular weight excluding hydrogens is 250 g/mol. The molecular formula is C15H21N5. The highest BCUT2D eigenvalue weighted by Gasteiger charge is 2.10. The molecule has 0 bridgehead atoms. The number of para-hydroxylation sites is 1. The second kappa shape index (κ2) is 6.34. The van der Waals surface area contributed by atoms with Gasteiger partial charge in [0.15, 0.2) is 0 Å². The van der Waals surface area contributed by atoms with Gasteiger partial charge < -0.3 is 10.3 Å². The quantitative estimate of drug-likeness (QED) is 0.645. The van der Waals surface area contributed by atoms with Gasteiger partial charge >= 0.3 is 0 Å². The van der Waals surface area contributed by atoms with Gasteiger partial charge in [-0.25, -0.2) is 15.8 Å². The van der Waals surface area contributed by atoms with Crippen molar-refractivity contribution in [1.82, 2.24) is 9.97 Å². The van der Waals surface area contributed by atoms with E-state index >= 15 is 0 Å². The van der Waals surface area contributed by atoms with Crippen molar-refractivity contribution >= 4 is 11.5 Å². The number of aromatic nitrogens is 2. The van der Waals surface area contributed by atoms with Crippen molar-refractivity contribution in [2.45, 2.75) is 27.3 Å². The highest BCUT2D eigenvalue weighted by molar-refractivity contribution is 5.53. The van der Waals surface area contributed by atoms with Crippen LogP contribution >= 0.6 is 0 Å². The maximum Gasteiger partial charge on any atom is 0.150 e. The van der Waals surface area contributed by atoms with Crippen LogP contribution in [-0.2, 0) is 6.54 Å². The summed E-state index contributed by atoms with van der Waals surface area (Å²) in [5, 5.41) is 0. The number of rotatable bonds is 5. The first-order valence-electron chi connectivity index (χ1n) is 6.75. The van der Waals surface area contributed by atoms with Gasteiger partial charge in [0.2, 0.25) is 0 Å². The SMILES string of the molecule is CCN(Cc1nc(C)cc(NN)n1)c1ccccc1C. The van der Waals surface area contributed by atoms with Crippen LogP contribution in [0.1, 0.15) is 24.0 Å². The number of nitrogens with zero attached hydrogens (tertiary/aromatic N) is 3. The predicted octanol–water partition coefficient (Wildman–Crippen LogP) is 2.41. The fourth-order valence-corrected chi connectivity index (χ4v) is 2.23. The van der Waals surface area contributed by atoms with Crippen LogP contribution in [0.5, 0.6) is 0 Å². The van der Waals surface area contributed by atoms with Crippen molar-refractivity contribution in [2.75, 3.05) is 16.9 Å². The Kier molecular flexibility index (Phi) is 4.53. The van der Waals surface area contributed by atoms with Crippen LogP contribution in [0.2, 0.25) is 0 Å². The molecule has 0 saturated heterocycles. The summed E-state index contributed by atoms with van der Waals surface area (Å²) in [6, 6.07) is 10.2. The van der Waals surface area contributed by atoms with Gasteiger partial charge in [-0.3, -0.25) is 0 Å². The van der Waals surface area contributed by atoms with E-state index in [1.54, 1.807) is 0 Å². The molecule has 0 amide bonds. The Bertz CT molecular complexity index is 582. The van der Waals surface area contributed by atoms with E-state index < -0.39 is 0 Å². The zero-order valence-corrected chi connectivity index (χ0v) is 12.2. The summed E-state index contributed by atoms with van der Waals surface area (Å²) in [4.78, 5) is 11.1. The molecule has 5 heteroatoms. The Morgan fingerprint density at radius 3 is 2.60 bits per heavy atom. The number of hydrogen-bond donors (Lipinski definition) is 2. The molecule has 1 aromatic carbocycles. The van der Waals surface area contributed by atoms with Gasteiger partial charge in [0.25, 0.3) is 0 Å². The number of nitrogens with one attached hydrogen (secondary N) is 1. The molecule has 3 N–H and O–H groups in total. The van der Waals surface area contributed by atoms with Crippen LogP contribution in [0, 0.1) is 13.8 Å². The summed E-state index contributed by atoms with van der Waals surface area (Å²) in [5.41, 5.74) is 5.95. The summed E-state index contributed by atoms with van der Waals surface area (Å²) >= 11 is 0. The summed E-state index contributed by atoms with van der Waals surface area (Å²) in [6.07, 6.45) is 0. The van der Waals surface area contributed by atoms with Gasteiger partial charge in [-0.2, -0.15) is 0 Å². The van der Waals surface area contributed by atoms with Gasteiger partial charge in [-0.15, -0.1) is 0 Å². The monoisotopic (exact) mass is 271 g/mol. The van der Waals surface area contributed by atoms with E-state index in [1.165, 1.54) is 11.3 Å². The Labute approximate surface area is 119 Å². The first kappa shape index (κ1) is 14.3. The zero-order chi connectivity index (χ0) is 14.5. The fraction of sp³-hybridized carbons (Fsp3) is 0.333. The van der Waals surface area contributed by atoms with Crippen LogP contribution in [0.4, 0.5) is 11.5 Å². The zero-order valence-electron chi connectivity index (χ0n) is 12.2. The molecule has 0 aliphatic rings. The topological polar surface area (TPSA) is 67.1 Å².